The highest BCUT2D eigenvalue weighted by Crippen LogP contribution is 2.27. The number of benzene rings is 2. The molecule has 0 unspecified atom stereocenters. The number of fused-ring (bicyclic) bond motifs is 1. The van der Waals surface area contributed by atoms with E-state index in [2.05, 4.69) is 6.58 Å². The van der Waals surface area contributed by atoms with Crippen LogP contribution in [0.4, 0.5) is 5.69 Å². The standard InChI is InChI=1S/C27H27N3O3S/c1-4-16-28(22-13-9-6-10-14-22)23(31)18-30-26-24(19(2)20(3)34-26)25(32)29(27(30)33)17-15-21-11-7-5-8-12-21/h4-14H,1,15-18H2,2-3H3. The fraction of sp³-hybridized carbons (Fsp3) is 0.222. The molecule has 0 saturated carbocycles. The number of carbonyl (C=O) groups is 1. The Bertz CT molecular complexity index is 1450. The average molecular weight is 474 g/mol. The molecule has 0 saturated heterocycles. The maximum absolute atomic E-state index is 13.5. The van der Waals surface area contributed by atoms with Crippen molar-refractivity contribution >= 4 is 33.1 Å². The molecule has 0 aliphatic heterocycles. The highest BCUT2D eigenvalue weighted by Gasteiger charge is 2.22. The van der Waals surface area contributed by atoms with Gasteiger partial charge in [0.05, 0.1) is 5.39 Å². The molecule has 4 rings (SSSR count). The molecule has 0 radical (unpaired) electrons. The van der Waals surface area contributed by atoms with Crippen LogP contribution in [0.2, 0.25) is 0 Å². The van der Waals surface area contributed by atoms with Crippen LogP contribution >= 0.6 is 11.3 Å². The Balaban J connectivity index is 1.79. The summed E-state index contributed by atoms with van der Waals surface area (Å²) in [6.07, 6.45) is 2.20. The van der Waals surface area contributed by atoms with E-state index in [4.69, 9.17) is 0 Å². The lowest BCUT2D eigenvalue weighted by Gasteiger charge is -2.22. The molecule has 7 heteroatoms. The van der Waals surface area contributed by atoms with Crippen molar-refractivity contribution in [3.63, 3.8) is 0 Å². The van der Waals surface area contributed by atoms with E-state index in [9.17, 15) is 14.4 Å². The third kappa shape index (κ3) is 4.52. The maximum Gasteiger partial charge on any atom is 0.332 e. The van der Waals surface area contributed by atoms with Crippen LogP contribution in [0, 0.1) is 13.8 Å². The van der Waals surface area contributed by atoms with E-state index in [1.54, 1.807) is 11.0 Å². The first kappa shape index (κ1) is 23.4. The van der Waals surface area contributed by atoms with Crippen LogP contribution in [-0.2, 0) is 24.3 Å². The molecule has 0 aliphatic rings. The molecule has 1 amide bonds. The van der Waals surface area contributed by atoms with Gasteiger partial charge in [0.1, 0.15) is 11.4 Å². The van der Waals surface area contributed by atoms with Gasteiger partial charge in [-0.2, -0.15) is 0 Å². The minimum atomic E-state index is -0.463. The molecule has 0 aliphatic carbocycles. The van der Waals surface area contributed by atoms with Crippen molar-refractivity contribution in [2.75, 3.05) is 11.4 Å². The Hall–Kier alpha value is -3.71. The quantitative estimate of drug-likeness (QED) is 0.359. The molecule has 174 valence electrons. The average Bonchev–Trinajstić information content (AvgIpc) is 3.15. The Morgan fingerprint density at radius 1 is 1.00 bits per heavy atom. The lowest BCUT2D eigenvalue weighted by molar-refractivity contribution is -0.119. The Morgan fingerprint density at radius 3 is 2.29 bits per heavy atom. The van der Waals surface area contributed by atoms with Crippen LogP contribution in [0.1, 0.15) is 16.0 Å². The van der Waals surface area contributed by atoms with Gasteiger partial charge >= 0.3 is 5.69 Å². The van der Waals surface area contributed by atoms with Gasteiger partial charge < -0.3 is 4.90 Å². The first-order valence-corrected chi connectivity index (χ1v) is 12.0. The molecule has 4 aromatic rings. The Morgan fingerprint density at radius 2 is 1.65 bits per heavy atom. The van der Waals surface area contributed by atoms with E-state index >= 15 is 0 Å². The summed E-state index contributed by atoms with van der Waals surface area (Å²) in [6.45, 7) is 7.99. The van der Waals surface area contributed by atoms with Gasteiger partial charge in [0.15, 0.2) is 0 Å². The van der Waals surface area contributed by atoms with Gasteiger partial charge in [0, 0.05) is 23.7 Å². The van der Waals surface area contributed by atoms with E-state index in [1.165, 1.54) is 20.5 Å². The Labute approximate surface area is 202 Å². The molecular weight excluding hydrogens is 446 g/mol. The summed E-state index contributed by atoms with van der Waals surface area (Å²) in [5.74, 6) is -0.244. The highest BCUT2D eigenvalue weighted by atomic mass is 32.1. The number of thiophene rings is 1. The summed E-state index contributed by atoms with van der Waals surface area (Å²) in [4.78, 5) is 43.4. The van der Waals surface area contributed by atoms with E-state index in [1.807, 2.05) is 74.5 Å². The minimum absolute atomic E-state index is 0.164. The second-order valence-corrected chi connectivity index (χ2v) is 9.36. The number of aryl methyl sites for hydroxylation is 3. The van der Waals surface area contributed by atoms with Crippen LogP contribution < -0.4 is 16.1 Å². The monoisotopic (exact) mass is 473 g/mol. The van der Waals surface area contributed by atoms with Crippen LogP contribution in [0.15, 0.2) is 82.9 Å². The zero-order valence-corrected chi connectivity index (χ0v) is 20.2. The van der Waals surface area contributed by atoms with E-state index in [0.717, 1.165) is 21.7 Å². The van der Waals surface area contributed by atoms with Crippen molar-refractivity contribution in [2.24, 2.45) is 0 Å². The van der Waals surface area contributed by atoms with Gasteiger partial charge in [-0.25, -0.2) is 4.79 Å². The van der Waals surface area contributed by atoms with Gasteiger partial charge in [0.25, 0.3) is 5.56 Å². The second-order valence-electron chi connectivity index (χ2n) is 8.15. The molecule has 0 atom stereocenters. The van der Waals surface area contributed by atoms with E-state index in [-0.39, 0.29) is 24.6 Å². The molecule has 0 N–H and O–H groups in total. The number of rotatable bonds is 8. The zero-order valence-electron chi connectivity index (χ0n) is 19.4. The second kappa shape index (κ2) is 10.1. The number of carbonyl (C=O) groups excluding carboxylic acids is 1. The molecule has 2 aromatic heterocycles. The van der Waals surface area contributed by atoms with Gasteiger partial charge in [0.2, 0.25) is 5.91 Å². The summed E-state index contributed by atoms with van der Waals surface area (Å²) >= 11 is 1.38. The number of para-hydroxylation sites is 1. The van der Waals surface area contributed by atoms with Crippen LogP contribution in [-0.4, -0.2) is 21.6 Å². The summed E-state index contributed by atoms with van der Waals surface area (Å²) in [7, 11) is 0. The number of amides is 1. The van der Waals surface area contributed by atoms with Gasteiger partial charge in [-0.1, -0.05) is 54.6 Å². The highest BCUT2D eigenvalue weighted by molar-refractivity contribution is 7.18. The first-order valence-electron chi connectivity index (χ1n) is 11.2. The molecule has 34 heavy (non-hydrogen) atoms. The molecule has 6 nitrogen and oxygen atoms in total. The van der Waals surface area contributed by atoms with Gasteiger partial charge in [-0.05, 0) is 43.5 Å². The summed E-state index contributed by atoms with van der Waals surface area (Å²) in [5, 5.41) is 0.512. The normalized spacial score (nSPS) is 11.0. The summed E-state index contributed by atoms with van der Waals surface area (Å²) in [6, 6.07) is 19.0. The lowest BCUT2D eigenvalue weighted by Crippen LogP contribution is -2.43. The topological polar surface area (TPSA) is 64.3 Å². The van der Waals surface area contributed by atoms with Gasteiger partial charge in [-0.15, -0.1) is 17.9 Å². The molecule has 0 fully saturated rings. The molecule has 0 spiro atoms. The predicted octanol–water partition coefficient (Wildman–Crippen LogP) is 4.30. The zero-order chi connectivity index (χ0) is 24.2. The van der Waals surface area contributed by atoms with Crippen molar-refractivity contribution < 1.29 is 4.79 Å². The van der Waals surface area contributed by atoms with Crippen LogP contribution in [0.25, 0.3) is 10.2 Å². The smallest absolute Gasteiger partial charge is 0.307 e. The number of nitrogens with zero attached hydrogens (tertiary/aromatic N) is 3. The van der Waals surface area contributed by atoms with Crippen molar-refractivity contribution in [1.29, 1.82) is 0 Å². The number of anilines is 1. The Kier molecular flexibility index (Phi) is 6.93. The van der Waals surface area contributed by atoms with Crippen molar-refractivity contribution in [3.8, 4) is 0 Å². The van der Waals surface area contributed by atoms with Crippen molar-refractivity contribution in [1.82, 2.24) is 9.13 Å². The SMILES string of the molecule is C=CCN(C(=O)Cn1c(=O)n(CCc2ccccc2)c(=O)c2c(C)c(C)sc21)c1ccccc1. The summed E-state index contributed by atoms with van der Waals surface area (Å²) < 4.78 is 2.72. The van der Waals surface area contributed by atoms with Crippen molar-refractivity contribution in [2.45, 2.75) is 33.4 Å². The minimum Gasteiger partial charge on any atom is -0.307 e. The van der Waals surface area contributed by atoms with E-state index < -0.39 is 5.69 Å². The molecule has 2 aromatic carbocycles. The number of aromatic nitrogens is 2. The number of hydrogen-bond donors (Lipinski definition) is 0. The van der Waals surface area contributed by atoms with Gasteiger partial charge in [-0.3, -0.25) is 18.7 Å². The fourth-order valence-electron chi connectivity index (χ4n) is 4.04. The largest absolute Gasteiger partial charge is 0.332 e. The van der Waals surface area contributed by atoms with Crippen molar-refractivity contribution in [3.05, 3.63) is 110 Å². The third-order valence-electron chi connectivity index (χ3n) is 5.97. The lowest BCUT2D eigenvalue weighted by atomic mass is 10.1. The molecule has 0 bridgehead atoms. The van der Waals surface area contributed by atoms with Crippen LogP contribution in [0.3, 0.4) is 0 Å². The summed E-state index contributed by atoms with van der Waals surface area (Å²) in [5.41, 5.74) is 1.86. The van der Waals surface area contributed by atoms with E-state index in [0.29, 0.717) is 23.2 Å². The maximum atomic E-state index is 13.5. The predicted molar refractivity (Wildman–Crippen MR) is 139 cm³/mol. The number of hydrogen-bond acceptors (Lipinski definition) is 4. The molecular formula is C27H27N3O3S. The van der Waals surface area contributed by atoms with Crippen LogP contribution in [0.5, 0.6) is 0 Å². The fourth-order valence-corrected chi connectivity index (χ4v) is 5.18. The first-order chi connectivity index (χ1) is 16.4. The molecule has 2 heterocycles. The third-order valence-corrected chi connectivity index (χ3v) is 7.20.